The maximum Gasteiger partial charge on any atom is 0.125 e. The Hall–Kier alpha value is -0.960. The van der Waals surface area contributed by atoms with Crippen molar-refractivity contribution in [1.29, 1.82) is 0 Å². The molecule has 0 aliphatic heterocycles. The molecule has 3 atom stereocenters. The highest BCUT2D eigenvalue weighted by Gasteiger charge is 2.38. The normalized spacial score (nSPS) is 32.2. The van der Waals surface area contributed by atoms with Crippen LogP contribution >= 0.6 is 0 Å². The van der Waals surface area contributed by atoms with Gasteiger partial charge in [-0.15, -0.1) is 0 Å². The summed E-state index contributed by atoms with van der Waals surface area (Å²) in [5.41, 5.74) is 1.12. The second-order valence-electron chi connectivity index (χ2n) is 5.26. The zero-order chi connectivity index (χ0) is 11.0. The first-order valence-electron chi connectivity index (χ1n) is 6.33. The van der Waals surface area contributed by atoms with Gasteiger partial charge in [0.05, 0.1) is 5.69 Å². The van der Waals surface area contributed by atoms with Gasteiger partial charge in [0, 0.05) is 18.8 Å². The van der Waals surface area contributed by atoms with Gasteiger partial charge in [-0.2, -0.15) is 0 Å². The summed E-state index contributed by atoms with van der Waals surface area (Å²) in [6.45, 7) is 2.85. The quantitative estimate of drug-likeness (QED) is 0.842. The van der Waals surface area contributed by atoms with Crippen molar-refractivity contribution >= 4 is 0 Å². The third-order valence-corrected chi connectivity index (χ3v) is 4.12. The smallest absolute Gasteiger partial charge is 0.125 e. The Kier molecular flexibility index (Phi) is 2.64. The van der Waals surface area contributed by atoms with E-state index < -0.39 is 0 Å². The molecule has 2 aliphatic carbocycles. The van der Waals surface area contributed by atoms with Crippen LogP contribution in [0.3, 0.4) is 0 Å². The summed E-state index contributed by atoms with van der Waals surface area (Å²) >= 11 is 0. The third-order valence-electron chi connectivity index (χ3n) is 4.12. The summed E-state index contributed by atoms with van der Waals surface area (Å²) in [6.07, 6.45) is 7.59. The van der Waals surface area contributed by atoms with Crippen molar-refractivity contribution in [3.8, 4) is 0 Å². The zero-order valence-electron chi connectivity index (χ0n) is 9.82. The molecule has 2 aliphatic rings. The maximum absolute atomic E-state index is 4.42. The van der Waals surface area contributed by atoms with Crippen molar-refractivity contribution in [2.24, 2.45) is 11.8 Å². The fourth-order valence-electron chi connectivity index (χ4n) is 3.33. The van der Waals surface area contributed by atoms with Gasteiger partial charge in [0.25, 0.3) is 0 Å². The zero-order valence-corrected chi connectivity index (χ0v) is 9.82. The number of fused-ring (bicyclic) bond motifs is 2. The number of aromatic nitrogens is 2. The van der Waals surface area contributed by atoms with Crippen molar-refractivity contribution in [3.05, 3.63) is 23.8 Å². The van der Waals surface area contributed by atoms with E-state index >= 15 is 0 Å². The van der Waals surface area contributed by atoms with Crippen LogP contribution < -0.4 is 5.32 Å². The summed E-state index contributed by atoms with van der Waals surface area (Å²) in [4.78, 5) is 8.54. The van der Waals surface area contributed by atoms with Gasteiger partial charge >= 0.3 is 0 Å². The largest absolute Gasteiger partial charge is 0.308 e. The molecule has 2 fully saturated rings. The van der Waals surface area contributed by atoms with Crippen LogP contribution in [0, 0.1) is 18.8 Å². The lowest BCUT2D eigenvalue weighted by molar-refractivity contribution is 0.349. The van der Waals surface area contributed by atoms with Crippen LogP contribution in [0.25, 0.3) is 0 Å². The van der Waals surface area contributed by atoms with Gasteiger partial charge in [0.15, 0.2) is 0 Å². The predicted molar refractivity (Wildman–Crippen MR) is 62.8 cm³/mol. The molecule has 0 spiro atoms. The monoisotopic (exact) mass is 217 g/mol. The minimum atomic E-state index is 0.744. The van der Waals surface area contributed by atoms with E-state index in [2.05, 4.69) is 15.3 Å². The van der Waals surface area contributed by atoms with E-state index in [9.17, 15) is 0 Å². The number of hydrogen-bond donors (Lipinski definition) is 1. The highest BCUT2D eigenvalue weighted by atomic mass is 15.0. The molecular weight excluding hydrogens is 198 g/mol. The number of rotatable bonds is 3. The topological polar surface area (TPSA) is 37.8 Å². The van der Waals surface area contributed by atoms with E-state index in [0.29, 0.717) is 0 Å². The first-order valence-corrected chi connectivity index (χ1v) is 6.33. The van der Waals surface area contributed by atoms with Crippen LogP contribution in [0.2, 0.25) is 0 Å². The second kappa shape index (κ2) is 4.13. The molecule has 0 aromatic carbocycles. The summed E-state index contributed by atoms with van der Waals surface area (Å²) in [5.74, 6) is 2.81. The molecule has 2 saturated carbocycles. The van der Waals surface area contributed by atoms with Crippen LogP contribution in [0.15, 0.2) is 12.3 Å². The van der Waals surface area contributed by atoms with E-state index in [1.807, 2.05) is 19.2 Å². The lowest BCUT2D eigenvalue weighted by Crippen LogP contribution is -2.33. The average molecular weight is 217 g/mol. The highest BCUT2D eigenvalue weighted by molar-refractivity contribution is 5.02. The van der Waals surface area contributed by atoms with Crippen LogP contribution in [0.5, 0.6) is 0 Å². The van der Waals surface area contributed by atoms with Crippen molar-refractivity contribution in [2.45, 2.75) is 45.2 Å². The van der Waals surface area contributed by atoms with E-state index in [0.717, 1.165) is 35.9 Å². The summed E-state index contributed by atoms with van der Waals surface area (Å²) in [5, 5.41) is 3.67. The predicted octanol–water partition coefficient (Wildman–Crippen LogP) is 2.06. The molecule has 3 rings (SSSR count). The van der Waals surface area contributed by atoms with Gasteiger partial charge in [-0.05, 0) is 44.1 Å². The molecule has 0 radical (unpaired) electrons. The lowest BCUT2D eigenvalue weighted by atomic mass is 9.95. The highest BCUT2D eigenvalue weighted by Crippen LogP contribution is 2.44. The Morgan fingerprint density at radius 1 is 1.38 bits per heavy atom. The molecule has 3 heteroatoms. The first-order chi connectivity index (χ1) is 7.81. The Morgan fingerprint density at radius 2 is 2.31 bits per heavy atom. The SMILES string of the molecule is Cc1nccc(CNC2CC3CCC2C3)n1. The van der Waals surface area contributed by atoms with Crippen LogP contribution in [-0.4, -0.2) is 16.0 Å². The average Bonchev–Trinajstić information content (AvgIpc) is 2.88. The molecule has 2 bridgehead atoms. The Labute approximate surface area is 96.7 Å². The first kappa shape index (κ1) is 10.2. The van der Waals surface area contributed by atoms with Gasteiger partial charge in [-0.1, -0.05) is 6.42 Å². The fraction of sp³-hybridized carbons (Fsp3) is 0.692. The molecule has 3 unspecified atom stereocenters. The molecule has 0 amide bonds. The molecule has 1 aromatic heterocycles. The fourth-order valence-corrected chi connectivity index (χ4v) is 3.33. The van der Waals surface area contributed by atoms with Gasteiger partial charge in [-0.3, -0.25) is 0 Å². The Bertz CT molecular complexity index is 377. The van der Waals surface area contributed by atoms with Crippen molar-refractivity contribution in [3.63, 3.8) is 0 Å². The minimum Gasteiger partial charge on any atom is -0.308 e. The Morgan fingerprint density at radius 3 is 3.00 bits per heavy atom. The Balaban J connectivity index is 1.57. The van der Waals surface area contributed by atoms with Crippen LogP contribution in [-0.2, 0) is 6.54 Å². The molecule has 16 heavy (non-hydrogen) atoms. The van der Waals surface area contributed by atoms with E-state index in [1.165, 1.54) is 25.7 Å². The number of nitrogens with one attached hydrogen (secondary N) is 1. The minimum absolute atomic E-state index is 0.744. The van der Waals surface area contributed by atoms with Gasteiger partial charge in [0.2, 0.25) is 0 Å². The third kappa shape index (κ3) is 1.96. The molecule has 1 N–H and O–H groups in total. The summed E-state index contributed by atoms with van der Waals surface area (Å²) in [7, 11) is 0. The number of aryl methyl sites for hydroxylation is 1. The van der Waals surface area contributed by atoms with Crippen molar-refractivity contribution < 1.29 is 0 Å². The molecular formula is C13H19N3. The standard InChI is InChI=1S/C13H19N3/c1-9-14-5-4-12(16-9)8-15-13-7-10-2-3-11(13)6-10/h4-5,10-11,13,15H,2-3,6-8H2,1H3. The summed E-state index contributed by atoms with van der Waals surface area (Å²) < 4.78 is 0. The molecule has 1 heterocycles. The van der Waals surface area contributed by atoms with Crippen LogP contribution in [0.1, 0.15) is 37.2 Å². The number of nitrogens with zero attached hydrogens (tertiary/aromatic N) is 2. The number of hydrogen-bond acceptors (Lipinski definition) is 3. The van der Waals surface area contributed by atoms with E-state index in [-0.39, 0.29) is 0 Å². The molecule has 3 nitrogen and oxygen atoms in total. The van der Waals surface area contributed by atoms with Crippen molar-refractivity contribution in [1.82, 2.24) is 15.3 Å². The summed E-state index contributed by atoms with van der Waals surface area (Å²) in [6, 6.07) is 2.75. The molecule has 1 aromatic rings. The van der Waals surface area contributed by atoms with Gasteiger partial charge < -0.3 is 5.32 Å². The van der Waals surface area contributed by atoms with Crippen LogP contribution in [0.4, 0.5) is 0 Å². The van der Waals surface area contributed by atoms with Gasteiger partial charge in [0.1, 0.15) is 5.82 Å². The van der Waals surface area contributed by atoms with E-state index in [1.54, 1.807) is 0 Å². The molecule has 86 valence electrons. The maximum atomic E-state index is 4.42. The molecule has 0 saturated heterocycles. The van der Waals surface area contributed by atoms with Crippen molar-refractivity contribution in [2.75, 3.05) is 0 Å². The second-order valence-corrected chi connectivity index (χ2v) is 5.26. The van der Waals surface area contributed by atoms with E-state index in [4.69, 9.17) is 0 Å². The lowest BCUT2D eigenvalue weighted by Gasteiger charge is -2.22. The van der Waals surface area contributed by atoms with Gasteiger partial charge in [-0.25, -0.2) is 9.97 Å².